The van der Waals surface area contributed by atoms with E-state index in [-0.39, 0.29) is 5.78 Å². The van der Waals surface area contributed by atoms with E-state index >= 15 is 0 Å². The number of carbonyl (C=O) groups is 1. The average molecular weight is 290 g/mol. The summed E-state index contributed by atoms with van der Waals surface area (Å²) in [5.41, 5.74) is 0.716. The summed E-state index contributed by atoms with van der Waals surface area (Å²) in [6, 6.07) is 9.19. The van der Waals surface area contributed by atoms with E-state index in [4.69, 9.17) is 11.6 Å². The molecule has 0 amide bonds. The number of Topliss-reactive ketones (excluding diaryl/α,β-unsaturated/α-hetero) is 1. The zero-order valence-corrected chi connectivity index (χ0v) is 12.4. The summed E-state index contributed by atoms with van der Waals surface area (Å²) < 4.78 is 0. The molecule has 0 radical (unpaired) electrons. The maximum atomic E-state index is 12.3. The molecule has 20 heavy (non-hydrogen) atoms. The standard InChI is InChI=1S/C17H20ClNO/c18-15-8-4-7-14(11-15)16(12-19)17(20)10-9-13-5-2-1-3-6-13/h4,7-8,11,13,16H,1-3,5-6,9-10H2. The normalized spacial score (nSPS) is 17.4. The van der Waals surface area contributed by atoms with Crippen LogP contribution < -0.4 is 0 Å². The van der Waals surface area contributed by atoms with Crippen molar-refractivity contribution < 1.29 is 4.79 Å². The van der Waals surface area contributed by atoms with Gasteiger partial charge < -0.3 is 0 Å². The predicted octanol–water partition coefficient (Wildman–Crippen LogP) is 4.88. The molecule has 106 valence electrons. The Morgan fingerprint density at radius 2 is 2.10 bits per heavy atom. The third-order valence-electron chi connectivity index (χ3n) is 4.16. The molecule has 0 spiro atoms. The molecule has 1 unspecified atom stereocenters. The van der Waals surface area contributed by atoms with Crippen LogP contribution in [0.3, 0.4) is 0 Å². The number of nitrogens with zero attached hydrogens (tertiary/aromatic N) is 1. The summed E-state index contributed by atoms with van der Waals surface area (Å²) >= 11 is 5.93. The van der Waals surface area contributed by atoms with Crippen molar-refractivity contribution in [2.75, 3.05) is 0 Å². The van der Waals surface area contributed by atoms with E-state index in [1.165, 1.54) is 32.1 Å². The Morgan fingerprint density at radius 3 is 2.75 bits per heavy atom. The first-order chi connectivity index (χ1) is 9.70. The zero-order chi connectivity index (χ0) is 14.4. The van der Waals surface area contributed by atoms with Crippen molar-refractivity contribution in [1.29, 1.82) is 5.26 Å². The molecule has 1 fully saturated rings. The highest BCUT2D eigenvalue weighted by molar-refractivity contribution is 6.30. The van der Waals surface area contributed by atoms with Gasteiger partial charge in [-0.15, -0.1) is 0 Å². The number of nitriles is 1. The second kappa shape index (κ2) is 7.45. The Hall–Kier alpha value is -1.33. The highest BCUT2D eigenvalue weighted by Crippen LogP contribution is 2.29. The molecule has 0 saturated heterocycles. The average Bonchev–Trinajstić information content (AvgIpc) is 2.47. The van der Waals surface area contributed by atoms with Gasteiger partial charge in [-0.1, -0.05) is 55.8 Å². The van der Waals surface area contributed by atoms with Gasteiger partial charge in [0.1, 0.15) is 5.92 Å². The molecule has 0 N–H and O–H groups in total. The van der Waals surface area contributed by atoms with Crippen molar-refractivity contribution >= 4 is 17.4 Å². The minimum absolute atomic E-state index is 0.0281. The topological polar surface area (TPSA) is 40.9 Å². The van der Waals surface area contributed by atoms with Gasteiger partial charge in [0, 0.05) is 11.4 Å². The van der Waals surface area contributed by atoms with E-state index in [1.807, 2.05) is 0 Å². The Labute approximate surface area is 125 Å². The number of hydrogen-bond acceptors (Lipinski definition) is 2. The van der Waals surface area contributed by atoms with E-state index in [2.05, 4.69) is 6.07 Å². The molecule has 3 heteroatoms. The largest absolute Gasteiger partial charge is 0.298 e. The van der Waals surface area contributed by atoms with Crippen LogP contribution in [0.1, 0.15) is 56.4 Å². The fourth-order valence-electron chi connectivity index (χ4n) is 2.99. The van der Waals surface area contributed by atoms with Crippen LogP contribution >= 0.6 is 11.6 Å². The van der Waals surface area contributed by atoms with Crippen molar-refractivity contribution in [3.63, 3.8) is 0 Å². The van der Waals surface area contributed by atoms with Gasteiger partial charge in [0.05, 0.1) is 6.07 Å². The Bertz CT molecular complexity index is 500. The Morgan fingerprint density at radius 1 is 1.35 bits per heavy atom. The van der Waals surface area contributed by atoms with Crippen molar-refractivity contribution in [2.45, 2.75) is 50.9 Å². The smallest absolute Gasteiger partial charge is 0.154 e. The summed E-state index contributed by atoms with van der Waals surface area (Å²) in [6.07, 6.45) is 7.81. The second-order valence-corrected chi connectivity index (χ2v) is 6.06. The minimum atomic E-state index is -0.669. The molecule has 1 saturated carbocycles. The van der Waals surface area contributed by atoms with Gasteiger partial charge in [-0.05, 0) is 30.0 Å². The van der Waals surface area contributed by atoms with Crippen LogP contribution in [0, 0.1) is 17.2 Å². The van der Waals surface area contributed by atoms with E-state index in [0.717, 1.165) is 6.42 Å². The lowest BCUT2D eigenvalue weighted by molar-refractivity contribution is -0.119. The molecular weight excluding hydrogens is 270 g/mol. The molecule has 0 bridgehead atoms. The molecule has 1 aliphatic rings. The third-order valence-corrected chi connectivity index (χ3v) is 4.39. The highest BCUT2D eigenvalue weighted by atomic mass is 35.5. The molecule has 0 heterocycles. The number of ketones is 1. The first kappa shape index (κ1) is 15.1. The molecule has 2 rings (SSSR count). The van der Waals surface area contributed by atoms with Crippen LogP contribution in [0.15, 0.2) is 24.3 Å². The van der Waals surface area contributed by atoms with Gasteiger partial charge in [0.2, 0.25) is 0 Å². The fraction of sp³-hybridized carbons (Fsp3) is 0.529. The van der Waals surface area contributed by atoms with Crippen molar-refractivity contribution in [1.82, 2.24) is 0 Å². The van der Waals surface area contributed by atoms with Crippen LogP contribution in [-0.2, 0) is 4.79 Å². The van der Waals surface area contributed by atoms with E-state index in [0.29, 0.717) is 22.9 Å². The predicted molar refractivity (Wildman–Crippen MR) is 80.6 cm³/mol. The van der Waals surface area contributed by atoms with Crippen molar-refractivity contribution in [3.8, 4) is 6.07 Å². The van der Waals surface area contributed by atoms with Crippen LogP contribution in [-0.4, -0.2) is 5.78 Å². The van der Waals surface area contributed by atoms with Gasteiger partial charge in [-0.2, -0.15) is 5.26 Å². The lowest BCUT2D eigenvalue weighted by atomic mass is 9.84. The lowest BCUT2D eigenvalue weighted by Gasteiger charge is -2.21. The maximum absolute atomic E-state index is 12.3. The molecule has 0 aromatic heterocycles. The summed E-state index contributed by atoms with van der Waals surface area (Å²) in [7, 11) is 0. The quantitative estimate of drug-likeness (QED) is 0.775. The van der Waals surface area contributed by atoms with Gasteiger partial charge in [0.15, 0.2) is 5.78 Å². The Balaban J connectivity index is 1.94. The molecular formula is C17H20ClNO. The van der Waals surface area contributed by atoms with Crippen LogP contribution in [0.5, 0.6) is 0 Å². The molecule has 1 aliphatic carbocycles. The second-order valence-electron chi connectivity index (χ2n) is 5.63. The fourth-order valence-corrected chi connectivity index (χ4v) is 3.18. The molecule has 1 aromatic carbocycles. The van der Waals surface area contributed by atoms with Gasteiger partial charge in [-0.3, -0.25) is 4.79 Å². The molecule has 1 aromatic rings. The summed E-state index contributed by atoms with van der Waals surface area (Å²) in [6.45, 7) is 0. The number of benzene rings is 1. The summed E-state index contributed by atoms with van der Waals surface area (Å²) in [5.74, 6) is 0.0315. The van der Waals surface area contributed by atoms with E-state index in [9.17, 15) is 10.1 Å². The highest BCUT2D eigenvalue weighted by Gasteiger charge is 2.22. The third kappa shape index (κ3) is 4.08. The van der Waals surface area contributed by atoms with Crippen LogP contribution in [0.25, 0.3) is 0 Å². The number of rotatable bonds is 5. The first-order valence-electron chi connectivity index (χ1n) is 7.38. The minimum Gasteiger partial charge on any atom is -0.298 e. The van der Waals surface area contributed by atoms with Gasteiger partial charge in [-0.25, -0.2) is 0 Å². The maximum Gasteiger partial charge on any atom is 0.154 e. The monoisotopic (exact) mass is 289 g/mol. The van der Waals surface area contributed by atoms with Crippen LogP contribution in [0.2, 0.25) is 5.02 Å². The summed E-state index contributed by atoms with van der Waals surface area (Å²) in [5, 5.41) is 9.84. The molecule has 2 nitrogen and oxygen atoms in total. The Kier molecular flexibility index (Phi) is 5.61. The first-order valence-corrected chi connectivity index (χ1v) is 7.76. The summed E-state index contributed by atoms with van der Waals surface area (Å²) in [4.78, 5) is 12.3. The molecule has 1 atom stereocenters. The zero-order valence-electron chi connectivity index (χ0n) is 11.6. The molecule has 0 aliphatic heterocycles. The van der Waals surface area contributed by atoms with Crippen molar-refractivity contribution in [2.24, 2.45) is 5.92 Å². The van der Waals surface area contributed by atoms with E-state index in [1.54, 1.807) is 24.3 Å². The number of carbonyl (C=O) groups excluding carboxylic acids is 1. The van der Waals surface area contributed by atoms with Crippen molar-refractivity contribution in [3.05, 3.63) is 34.9 Å². The van der Waals surface area contributed by atoms with Crippen LogP contribution in [0.4, 0.5) is 0 Å². The number of hydrogen-bond donors (Lipinski definition) is 0. The van der Waals surface area contributed by atoms with Gasteiger partial charge >= 0.3 is 0 Å². The van der Waals surface area contributed by atoms with E-state index < -0.39 is 5.92 Å². The van der Waals surface area contributed by atoms with Gasteiger partial charge in [0.25, 0.3) is 0 Å². The number of halogens is 1. The lowest BCUT2D eigenvalue weighted by Crippen LogP contribution is -2.14. The SMILES string of the molecule is N#CC(C(=O)CCC1CCCCC1)c1cccc(Cl)c1.